The van der Waals surface area contributed by atoms with Crippen molar-refractivity contribution >= 4 is 9.84 Å². The fraction of sp³-hybridized carbons (Fsp3) is 0.667. The van der Waals surface area contributed by atoms with Crippen molar-refractivity contribution in [2.24, 2.45) is 5.92 Å². The summed E-state index contributed by atoms with van der Waals surface area (Å²) < 4.78 is 22.9. The molecular weight excluding hydrogens is 310 g/mol. The van der Waals surface area contributed by atoms with E-state index in [0.717, 1.165) is 18.0 Å². The molecule has 1 atom stereocenters. The second-order valence-corrected chi connectivity index (χ2v) is 8.93. The first-order valence-electron chi connectivity index (χ1n) is 8.53. The average Bonchev–Trinajstić information content (AvgIpc) is 2.53. The predicted molar refractivity (Wildman–Crippen MR) is 93.2 cm³/mol. The molecule has 1 aliphatic rings. The second kappa shape index (κ2) is 8.27. The maximum atomic E-state index is 11.5. The third-order valence-corrected chi connectivity index (χ3v) is 5.95. The van der Waals surface area contributed by atoms with Crippen molar-refractivity contribution in [3.8, 4) is 0 Å². The topological polar surface area (TPSA) is 57.6 Å². The number of hydrogen-bond acceptors (Lipinski definition) is 4. The Bertz CT molecular complexity index is 577. The molecule has 1 unspecified atom stereocenters. The normalized spacial score (nSPS) is 18.3. The van der Waals surface area contributed by atoms with Gasteiger partial charge in [0.2, 0.25) is 0 Å². The van der Waals surface area contributed by atoms with Crippen LogP contribution >= 0.6 is 0 Å². The van der Waals surface area contributed by atoms with Gasteiger partial charge in [-0.15, -0.1) is 0 Å². The molecule has 0 heterocycles. The van der Waals surface area contributed by atoms with Crippen LogP contribution < -0.4 is 0 Å². The summed E-state index contributed by atoms with van der Waals surface area (Å²) >= 11 is 0. The molecule has 0 radical (unpaired) electrons. The fourth-order valence-electron chi connectivity index (χ4n) is 3.31. The Morgan fingerprint density at radius 3 is 2.35 bits per heavy atom. The smallest absolute Gasteiger partial charge is 0.175 e. The Kier molecular flexibility index (Phi) is 6.62. The van der Waals surface area contributed by atoms with Crippen LogP contribution in [0.4, 0.5) is 0 Å². The van der Waals surface area contributed by atoms with Crippen molar-refractivity contribution in [2.45, 2.75) is 49.5 Å². The van der Waals surface area contributed by atoms with E-state index < -0.39 is 15.9 Å². The van der Waals surface area contributed by atoms with Gasteiger partial charge in [-0.05, 0) is 43.6 Å². The third-order valence-electron chi connectivity index (χ3n) is 4.82. The molecule has 0 aliphatic heterocycles. The van der Waals surface area contributed by atoms with Crippen LogP contribution in [0, 0.1) is 5.92 Å². The van der Waals surface area contributed by atoms with E-state index in [1.54, 1.807) is 24.3 Å². The van der Waals surface area contributed by atoms with Gasteiger partial charge in [0.15, 0.2) is 9.84 Å². The summed E-state index contributed by atoms with van der Waals surface area (Å²) in [5, 5.41) is 10.3. The molecule has 1 aliphatic carbocycles. The van der Waals surface area contributed by atoms with E-state index in [9.17, 15) is 13.5 Å². The molecule has 1 fully saturated rings. The maximum absolute atomic E-state index is 11.5. The molecule has 1 aromatic carbocycles. The molecule has 2 rings (SSSR count). The Hall–Kier alpha value is -0.910. The van der Waals surface area contributed by atoms with Crippen LogP contribution in [0.2, 0.25) is 0 Å². The molecule has 0 spiro atoms. The van der Waals surface area contributed by atoms with Crippen LogP contribution in [0.3, 0.4) is 0 Å². The zero-order valence-electron chi connectivity index (χ0n) is 14.2. The van der Waals surface area contributed by atoms with Crippen molar-refractivity contribution < 1.29 is 13.5 Å². The minimum Gasteiger partial charge on any atom is -0.387 e. The summed E-state index contributed by atoms with van der Waals surface area (Å²) in [5.41, 5.74) is 0.766. The Labute approximate surface area is 140 Å². The number of aliphatic hydroxyl groups is 1. The zero-order valence-corrected chi connectivity index (χ0v) is 15.1. The van der Waals surface area contributed by atoms with Crippen molar-refractivity contribution in [3.05, 3.63) is 29.8 Å². The highest BCUT2D eigenvalue weighted by atomic mass is 32.2. The van der Waals surface area contributed by atoms with E-state index in [1.165, 1.54) is 44.8 Å². The lowest BCUT2D eigenvalue weighted by Gasteiger charge is -2.26. The summed E-state index contributed by atoms with van der Waals surface area (Å²) in [6, 6.07) is 6.54. The first-order valence-corrected chi connectivity index (χ1v) is 10.4. The van der Waals surface area contributed by atoms with Crippen LogP contribution in [0.1, 0.15) is 50.2 Å². The lowest BCUT2D eigenvalue weighted by Crippen LogP contribution is -2.27. The molecule has 0 amide bonds. The molecular formula is C18H29NO3S. The van der Waals surface area contributed by atoms with Crippen molar-refractivity contribution in [1.29, 1.82) is 0 Å². The van der Waals surface area contributed by atoms with Gasteiger partial charge in [0, 0.05) is 12.8 Å². The highest BCUT2D eigenvalue weighted by molar-refractivity contribution is 7.90. The molecule has 5 heteroatoms. The van der Waals surface area contributed by atoms with Gasteiger partial charge >= 0.3 is 0 Å². The Morgan fingerprint density at radius 1 is 1.17 bits per heavy atom. The van der Waals surface area contributed by atoms with Crippen LogP contribution in [0.15, 0.2) is 29.2 Å². The van der Waals surface area contributed by atoms with Gasteiger partial charge in [-0.2, -0.15) is 0 Å². The first kappa shape index (κ1) is 18.4. The maximum Gasteiger partial charge on any atom is 0.175 e. The first-order chi connectivity index (χ1) is 10.9. The number of benzene rings is 1. The third kappa shape index (κ3) is 5.90. The summed E-state index contributed by atoms with van der Waals surface area (Å²) in [6.45, 7) is 1.58. The second-order valence-electron chi connectivity index (χ2n) is 6.91. The van der Waals surface area contributed by atoms with Crippen molar-refractivity contribution in [3.63, 3.8) is 0 Å². The molecule has 130 valence electrons. The highest BCUT2D eigenvalue weighted by Gasteiger charge is 2.16. The van der Waals surface area contributed by atoms with E-state index in [4.69, 9.17) is 0 Å². The number of sulfone groups is 1. The molecule has 1 aromatic rings. The van der Waals surface area contributed by atoms with E-state index in [1.807, 2.05) is 7.05 Å². The van der Waals surface area contributed by atoms with Crippen molar-refractivity contribution in [1.82, 2.24) is 4.90 Å². The highest BCUT2D eigenvalue weighted by Crippen LogP contribution is 2.26. The van der Waals surface area contributed by atoms with Crippen LogP contribution in [0.5, 0.6) is 0 Å². The predicted octanol–water partition coefficient (Wildman–Crippen LogP) is 3.03. The summed E-state index contributed by atoms with van der Waals surface area (Å²) in [7, 11) is -1.14. The molecule has 23 heavy (non-hydrogen) atoms. The zero-order chi connectivity index (χ0) is 16.9. The van der Waals surface area contributed by atoms with Crippen LogP contribution in [0.25, 0.3) is 0 Å². The monoisotopic (exact) mass is 339 g/mol. The minimum atomic E-state index is -3.18. The van der Waals surface area contributed by atoms with Gasteiger partial charge < -0.3 is 10.0 Å². The summed E-state index contributed by atoms with van der Waals surface area (Å²) in [5.74, 6) is 0.845. The van der Waals surface area contributed by atoms with Crippen LogP contribution in [-0.4, -0.2) is 44.8 Å². The number of aliphatic hydroxyl groups excluding tert-OH is 1. The number of likely N-dealkylation sites (N-methyl/N-ethyl adjacent to an activating group) is 1. The number of rotatable bonds is 7. The van der Waals surface area contributed by atoms with Gasteiger partial charge in [-0.25, -0.2) is 8.42 Å². The molecule has 0 bridgehead atoms. The average molecular weight is 340 g/mol. The Morgan fingerprint density at radius 2 is 1.78 bits per heavy atom. The van der Waals surface area contributed by atoms with E-state index in [2.05, 4.69) is 4.90 Å². The van der Waals surface area contributed by atoms with E-state index in [-0.39, 0.29) is 0 Å². The standard InChI is InChI=1S/C18H29NO3S/c1-19(13-12-15-6-4-3-5-7-15)14-18(20)16-8-10-17(11-9-16)23(2,21)22/h8-11,15,18,20H,3-7,12-14H2,1-2H3. The SMILES string of the molecule is CN(CCC1CCCCC1)CC(O)c1ccc(S(C)(=O)=O)cc1. The van der Waals surface area contributed by atoms with E-state index in [0.29, 0.717) is 11.4 Å². The van der Waals surface area contributed by atoms with Gasteiger partial charge in [-0.3, -0.25) is 0 Å². The number of nitrogens with zero attached hydrogens (tertiary/aromatic N) is 1. The lowest BCUT2D eigenvalue weighted by molar-refractivity contribution is 0.122. The molecule has 0 saturated heterocycles. The molecule has 4 nitrogen and oxygen atoms in total. The Balaban J connectivity index is 1.81. The van der Waals surface area contributed by atoms with Gasteiger partial charge in [0.05, 0.1) is 11.0 Å². The van der Waals surface area contributed by atoms with Gasteiger partial charge in [-0.1, -0.05) is 44.2 Å². The van der Waals surface area contributed by atoms with Crippen LogP contribution in [-0.2, 0) is 9.84 Å². The largest absolute Gasteiger partial charge is 0.387 e. The summed E-state index contributed by atoms with van der Waals surface area (Å²) in [6.07, 6.45) is 8.63. The molecule has 1 N–H and O–H groups in total. The van der Waals surface area contributed by atoms with Crippen molar-refractivity contribution in [2.75, 3.05) is 26.4 Å². The fourth-order valence-corrected chi connectivity index (χ4v) is 3.94. The van der Waals surface area contributed by atoms with E-state index >= 15 is 0 Å². The minimum absolute atomic E-state index is 0.291. The molecule has 0 aromatic heterocycles. The lowest BCUT2D eigenvalue weighted by atomic mass is 9.87. The molecule has 1 saturated carbocycles. The summed E-state index contributed by atoms with van der Waals surface area (Å²) in [4.78, 5) is 2.46. The van der Waals surface area contributed by atoms with Gasteiger partial charge in [0.25, 0.3) is 0 Å². The van der Waals surface area contributed by atoms with Gasteiger partial charge in [0.1, 0.15) is 0 Å². The quantitative estimate of drug-likeness (QED) is 0.829. The number of hydrogen-bond donors (Lipinski definition) is 1.